The number of rotatable bonds is 6. The standard InChI is InChI=1S/C33H25NO6/c35-30-18-25(23-5-1-2-6-27(23)38-14-11-20-7-9-26-22(16-20)12-15-37-26)31-28(39-30)10-8-24-32(36)29(40-33(24)31)17-21-4-3-13-34-19-21/h1-10,13,16-17,19,25H,11-12,14-15,18H2/b29-17-/t25-/m0/s1. The number of fused-ring (bicyclic) bond motifs is 4. The maximum atomic E-state index is 13.3. The second kappa shape index (κ2) is 10.0. The van der Waals surface area contributed by atoms with Crippen LogP contribution in [0.4, 0.5) is 0 Å². The molecule has 0 unspecified atom stereocenters. The normalized spacial score (nSPS) is 17.9. The first-order chi connectivity index (χ1) is 19.6. The van der Waals surface area contributed by atoms with Crippen molar-refractivity contribution in [1.82, 2.24) is 4.98 Å². The van der Waals surface area contributed by atoms with Crippen LogP contribution in [0.15, 0.2) is 84.9 Å². The highest BCUT2D eigenvalue weighted by Crippen LogP contribution is 2.50. The average Bonchev–Trinajstić information content (AvgIpc) is 3.57. The predicted molar refractivity (Wildman–Crippen MR) is 147 cm³/mol. The number of hydrogen-bond donors (Lipinski definition) is 0. The molecule has 3 aliphatic rings. The number of pyridine rings is 1. The van der Waals surface area contributed by atoms with Crippen LogP contribution >= 0.6 is 0 Å². The Morgan fingerprint density at radius 2 is 1.88 bits per heavy atom. The maximum absolute atomic E-state index is 13.3. The number of nitrogens with zero attached hydrogens (tertiary/aromatic N) is 1. The van der Waals surface area contributed by atoms with Gasteiger partial charge in [0.2, 0.25) is 5.78 Å². The van der Waals surface area contributed by atoms with Crippen LogP contribution in [0.25, 0.3) is 6.08 Å². The first-order valence-corrected chi connectivity index (χ1v) is 13.3. The number of carbonyl (C=O) groups excluding carboxylic acids is 2. The molecule has 0 saturated heterocycles. The number of benzene rings is 3. The number of aromatic nitrogens is 1. The Morgan fingerprint density at radius 1 is 0.975 bits per heavy atom. The van der Waals surface area contributed by atoms with Gasteiger partial charge in [0.15, 0.2) is 5.76 Å². The van der Waals surface area contributed by atoms with Gasteiger partial charge in [-0.1, -0.05) is 36.4 Å². The van der Waals surface area contributed by atoms with Crippen LogP contribution in [0.2, 0.25) is 0 Å². The first-order valence-electron chi connectivity index (χ1n) is 13.3. The molecule has 7 heteroatoms. The summed E-state index contributed by atoms with van der Waals surface area (Å²) in [6, 6.07) is 21.0. The van der Waals surface area contributed by atoms with Gasteiger partial charge in [0.05, 0.1) is 25.2 Å². The summed E-state index contributed by atoms with van der Waals surface area (Å²) in [5, 5.41) is 0. The molecular weight excluding hydrogens is 506 g/mol. The van der Waals surface area contributed by atoms with Gasteiger partial charge in [-0.3, -0.25) is 14.6 Å². The van der Waals surface area contributed by atoms with Crippen molar-refractivity contribution < 1.29 is 28.5 Å². The van der Waals surface area contributed by atoms with Crippen molar-refractivity contribution in [2.75, 3.05) is 13.2 Å². The summed E-state index contributed by atoms with van der Waals surface area (Å²) >= 11 is 0. The Labute approximate surface area is 231 Å². The zero-order valence-electron chi connectivity index (χ0n) is 21.6. The summed E-state index contributed by atoms with van der Waals surface area (Å²) in [5.74, 6) is 1.71. The SMILES string of the molecule is O=C1C[C@@H](c2ccccc2OCCc2ccc3c(c2)CCO3)c2c(ccc3c2O/C(=C\c2cccnc2)C3=O)O1. The molecule has 0 bridgehead atoms. The van der Waals surface area contributed by atoms with Crippen LogP contribution in [0.5, 0.6) is 23.0 Å². The minimum Gasteiger partial charge on any atom is -0.493 e. The van der Waals surface area contributed by atoms with Gasteiger partial charge in [0.1, 0.15) is 23.0 Å². The van der Waals surface area contributed by atoms with E-state index in [0.717, 1.165) is 36.3 Å². The minimum atomic E-state index is -0.398. The lowest BCUT2D eigenvalue weighted by Crippen LogP contribution is -2.22. The largest absolute Gasteiger partial charge is 0.493 e. The lowest BCUT2D eigenvalue weighted by molar-refractivity contribution is -0.135. The zero-order chi connectivity index (χ0) is 27.1. The summed E-state index contributed by atoms with van der Waals surface area (Å²) in [4.78, 5) is 30.0. The van der Waals surface area contributed by atoms with E-state index in [1.54, 1.807) is 36.7 Å². The van der Waals surface area contributed by atoms with Crippen LogP contribution in [0.1, 0.15) is 50.5 Å². The molecule has 4 aromatic rings. The van der Waals surface area contributed by atoms with E-state index in [9.17, 15) is 9.59 Å². The Hall–Kier alpha value is -4.91. The highest BCUT2D eigenvalue weighted by molar-refractivity contribution is 6.15. The second-order valence-electron chi connectivity index (χ2n) is 9.99. The number of ketones is 1. The highest BCUT2D eigenvalue weighted by Gasteiger charge is 2.39. The number of esters is 1. The Bertz CT molecular complexity index is 1680. The third-order valence-corrected chi connectivity index (χ3v) is 7.46. The quantitative estimate of drug-likeness (QED) is 0.179. The molecule has 3 aliphatic heterocycles. The Morgan fingerprint density at radius 3 is 2.77 bits per heavy atom. The van der Waals surface area contributed by atoms with Gasteiger partial charge < -0.3 is 18.9 Å². The summed E-state index contributed by atoms with van der Waals surface area (Å²) in [6.07, 6.45) is 6.78. The van der Waals surface area contributed by atoms with E-state index < -0.39 is 5.92 Å². The second-order valence-corrected chi connectivity index (χ2v) is 9.99. The van der Waals surface area contributed by atoms with Crippen LogP contribution in [0, 0.1) is 0 Å². The fourth-order valence-electron chi connectivity index (χ4n) is 5.56. The highest BCUT2D eigenvalue weighted by atomic mass is 16.5. The van der Waals surface area contributed by atoms with Gasteiger partial charge in [-0.15, -0.1) is 0 Å². The molecule has 7 nitrogen and oxygen atoms in total. The molecule has 3 aromatic carbocycles. The van der Waals surface area contributed by atoms with E-state index in [1.165, 1.54) is 11.1 Å². The van der Waals surface area contributed by atoms with Gasteiger partial charge in [-0.2, -0.15) is 0 Å². The van der Waals surface area contributed by atoms with Crippen molar-refractivity contribution >= 4 is 17.8 Å². The van der Waals surface area contributed by atoms with Gasteiger partial charge >= 0.3 is 5.97 Å². The molecule has 1 atom stereocenters. The summed E-state index contributed by atoms with van der Waals surface area (Å²) in [5.41, 5.74) is 5.13. The molecule has 0 spiro atoms. The zero-order valence-corrected chi connectivity index (χ0v) is 21.6. The van der Waals surface area contributed by atoms with Crippen molar-refractivity contribution in [3.05, 3.63) is 118 Å². The predicted octanol–water partition coefficient (Wildman–Crippen LogP) is 5.70. The van der Waals surface area contributed by atoms with E-state index in [4.69, 9.17) is 18.9 Å². The van der Waals surface area contributed by atoms with Gasteiger partial charge in [-0.05, 0) is 53.1 Å². The van der Waals surface area contributed by atoms with Crippen molar-refractivity contribution in [1.29, 1.82) is 0 Å². The number of hydrogen-bond acceptors (Lipinski definition) is 7. The van der Waals surface area contributed by atoms with Gasteiger partial charge in [0.25, 0.3) is 0 Å². The molecule has 198 valence electrons. The number of carbonyl (C=O) groups is 2. The number of ether oxygens (including phenoxy) is 4. The lowest BCUT2D eigenvalue weighted by atomic mass is 9.84. The van der Waals surface area contributed by atoms with Crippen molar-refractivity contribution in [2.45, 2.75) is 25.2 Å². The smallest absolute Gasteiger partial charge is 0.312 e. The molecule has 7 rings (SSSR count). The maximum Gasteiger partial charge on any atom is 0.312 e. The van der Waals surface area contributed by atoms with Gasteiger partial charge in [0, 0.05) is 42.3 Å². The van der Waals surface area contributed by atoms with Crippen LogP contribution in [-0.2, 0) is 17.6 Å². The molecule has 40 heavy (non-hydrogen) atoms. The Balaban J connectivity index is 1.19. The van der Waals surface area contributed by atoms with E-state index in [2.05, 4.69) is 17.1 Å². The average molecular weight is 532 g/mol. The third-order valence-electron chi connectivity index (χ3n) is 7.46. The number of Topliss-reactive ketones (excluding diaryl/α,β-unsaturated/α-hetero) is 1. The molecule has 0 N–H and O–H groups in total. The van der Waals surface area contributed by atoms with Crippen LogP contribution in [0.3, 0.4) is 0 Å². The van der Waals surface area contributed by atoms with Crippen LogP contribution in [-0.4, -0.2) is 30.0 Å². The third kappa shape index (κ3) is 4.39. The summed E-state index contributed by atoms with van der Waals surface area (Å²) in [7, 11) is 0. The van der Waals surface area contributed by atoms with E-state index in [0.29, 0.717) is 35.0 Å². The molecule has 0 saturated carbocycles. The van der Waals surface area contributed by atoms with Crippen molar-refractivity contribution in [3.8, 4) is 23.0 Å². The molecule has 0 fully saturated rings. The molecule has 1 aromatic heterocycles. The summed E-state index contributed by atoms with van der Waals surface area (Å²) < 4.78 is 23.7. The summed E-state index contributed by atoms with van der Waals surface area (Å²) in [6.45, 7) is 1.20. The van der Waals surface area contributed by atoms with E-state index in [-0.39, 0.29) is 23.9 Å². The molecule has 0 radical (unpaired) electrons. The lowest BCUT2D eigenvalue weighted by Gasteiger charge is -2.27. The topological polar surface area (TPSA) is 84.0 Å². The van der Waals surface area contributed by atoms with E-state index in [1.807, 2.05) is 36.4 Å². The molecule has 0 aliphatic carbocycles. The number of allylic oxidation sites excluding steroid dienone is 1. The molecular formula is C33H25NO6. The number of para-hydroxylation sites is 1. The van der Waals surface area contributed by atoms with Crippen LogP contribution < -0.4 is 18.9 Å². The fraction of sp³-hybridized carbons (Fsp3) is 0.182. The first kappa shape index (κ1) is 24.2. The van der Waals surface area contributed by atoms with E-state index >= 15 is 0 Å². The van der Waals surface area contributed by atoms with Gasteiger partial charge in [-0.25, -0.2) is 0 Å². The van der Waals surface area contributed by atoms with Crippen molar-refractivity contribution in [3.63, 3.8) is 0 Å². The monoisotopic (exact) mass is 531 g/mol. The molecule has 4 heterocycles. The molecule has 0 amide bonds. The van der Waals surface area contributed by atoms with Crippen molar-refractivity contribution in [2.24, 2.45) is 0 Å². The Kier molecular flexibility index (Phi) is 6.04. The minimum absolute atomic E-state index is 0.105. The fourth-order valence-corrected chi connectivity index (χ4v) is 5.56.